The molecule has 1 aromatic heterocycles. The summed E-state index contributed by atoms with van der Waals surface area (Å²) in [5.41, 5.74) is 4.01. The molecular formula is C18H22BrN2O2+. The van der Waals surface area contributed by atoms with E-state index < -0.39 is 0 Å². The van der Waals surface area contributed by atoms with Crippen molar-refractivity contribution < 1.29 is 14.4 Å². The van der Waals surface area contributed by atoms with E-state index in [2.05, 4.69) is 32.6 Å². The number of Topliss-reactive ketones (excluding diaryl/α,β-unsaturated/α-hetero) is 1. The molecule has 1 aliphatic heterocycles. The highest BCUT2D eigenvalue weighted by Crippen LogP contribution is 2.23. The fourth-order valence-electron chi connectivity index (χ4n) is 3.22. The van der Waals surface area contributed by atoms with E-state index in [9.17, 15) is 4.79 Å². The molecule has 1 aliphatic rings. The second kappa shape index (κ2) is 6.99. The third kappa shape index (κ3) is 3.57. The van der Waals surface area contributed by atoms with E-state index in [1.807, 2.05) is 32.0 Å². The molecule has 4 nitrogen and oxygen atoms in total. The molecule has 0 radical (unpaired) electrons. The van der Waals surface area contributed by atoms with Crippen molar-refractivity contribution in [2.45, 2.75) is 13.8 Å². The number of morpholine rings is 1. The molecule has 1 N–H and O–H groups in total. The monoisotopic (exact) mass is 377 g/mol. The molecule has 0 unspecified atom stereocenters. The van der Waals surface area contributed by atoms with Crippen molar-refractivity contribution in [3.05, 3.63) is 51.8 Å². The highest BCUT2D eigenvalue weighted by atomic mass is 79.9. The highest BCUT2D eigenvalue weighted by molar-refractivity contribution is 9.10. The van der Waals surface area contributed by atoms with Crippen molar-refractivity contribution in [3.8, 4) is 5.69 Å². The maximum absolute atomic E-state index is 12.7. The zero-order valence-electron chi connectivity index (χ0n) is 13.6. The molecule has 1 fully saturated rings. The molecule has 0 atom stereocenters. The summed E-state index contributed by atoms with van der Waals surface area (Å²) in [5, 5.41) is 0. The number of rotatable bonds is 4. The summed E-state index contributed by atoms with van der Waals surface area (Å²) in [6, 6.07) is 10.2. The van der Waals surface area contributed by atoms with Crippen LogP contribution in [0.2, 0.25) is 0 Å². The molecule has 3 rings (SSSR count). The quantitative estimate of drug-likeness (QED) is 0.826. The van der Waals surface area contributed by atoms with Crippen LogP contribution in [0.4, 0.5) is 0 Å². The van der Waals surface area contributed by atoms with Crippen LogP contribution in [0.5, 0.6) is 0 Å². The van der Waals surface area contributed by atoms with E-state index in [1.165, 1.54) is 4.90 Å². The first-order valence-corrected chi connectivity index (χ1v) is 8.75. The summed E-state index contributed by atoms with van der Waals surface area (Å²) >= 11 is 3.51. The van der Waals surface area contributed by atoms with E-state index in [-0.39, 0.29) is 5.78 Å². The van der Waals surface area contributed by atoms with Gasteiger partial charge in [0.2, 0.25) is 5.78 Å². The minimum atomic E-state index is 0.219. The van der Waals surface area contributed by atoms with E-state index in [4.69, 9.17) is 4.74 Å². The maximum Gasteiger partial charge on any atom is 0.218 e. The normalized spacial score (nSPS) is 15.8. The number of quaternary nitrogens is 1. The van der Waals surface area contributed by atoms with Gasteiger partial charge in [0, 0.05) is 27.1 Å². The molecule has 0 spiro atoms. The Kier molecular flexibility index (Phi) is 4.99. The number of nitrogens with one attached hydrogen (secondary N) is 1. The Labute approximate surface area is 145 Å². The number of carbonyl (C=O) groups excluding carboxylic acids is 1. The van der Waals surface area contributed by atoms with Gasteiger partial charge in [0.1, 0.15) is 19.6 Å². The number of carbonyl (C=O) groups is 1. The zero-order chi connectivity index (χ0) is 16.4. The van der Waals surface area contributed by atoms with Gasteiger partial charge in [0.15, 0.2) is 0 Å². The second-order valence-corrected chi connectivity index (χ2v) is 6.98. The molecular weight excluding hydrogens is 356 g/mol. The van der Waals surface area contributed by atoms with Gasteiger partial charge in [-0.2, -0.15) is 0 Å². The van der Waals surface area contributed by atoms with Crippen molar-refractivity contribution in [2.24, 2.45) is 0 Å². The number of ether oxygens (including phenoxy) is 1. The van der Waals surface area contributed by atoms with Crippen LogP contribution in [0.1, 0.15) is 21.7 Å². The first kappa shape index (κ1) is 16.4. The number of hydrogen-bond donors (Lipinski definition) is 1. The fraction of sp³-hybridized carbons (Fsp3) is 0.389. The number of nitrogens with zero attached hydrogens (tertiary/aromatic N) is 1. The predicted octanol–water partition coefficient (Wildman–Crippen LogP) is 1.95. The average Bonchev–Trinajstić information content (AvgIpc) is 2.83. The van der Waals surface area contributed by atoms with Crippen LogP contribution in [-0.4, -0.2) is 43.2 Å². The summed E-state index contributed by atoms with van der Waals surface area (Å²) < 4.78 is 8.54. The highest BCUT2D eigenvalue weighted by Gasteiger charge is 2.22. The Hall–Kier alpha value is -1.43. The number of aryl methyl sites for hydroxylation is 1. The molecule has 1 aromatic carbocycles. The van der Waals surface area contributed by atoms with Crippen LogP contribution in [0, 0.1) is 13.8 Å². The van der Waals surface area contributed by atoms with E-state index in [0.717, 1.165) is 53.4 Å². The minimum absolute atomic E-state index is 0.219. The maximum atomic E-state index is 12.7. The Morgan fingerprint density at radius 3 is 2.70 bits per heavy atom. The van der Waals surface area contributed by atoms with Crippen molar-refractivity contribution in [2.75, 3.05) is 32.8 Å². The first-order chi connectivity index (χ1) is 11.1. The van der Waals surface area contributed by atoms with E-state index in [0.29, 0.717) is 6.54 Å². The molecule has 23 heavy (non-hydrogen) atoms. The standard InChI is InChI=1S/C18H21BrN2O2/c1-13-10-17(18(22)12-20-6-8-23-9-7-20)14(2)21(13)16-5-3-4-15(19)11-16/h3-5,10-11H,6-9,12H2,1-2H3/p+1. The number of hydrogen-bond acceptors (Lipinski definition) is 2. The minimum Gasteiger partial charge on any atom is -0.370 e. The predicted molar refractivity (Wildman–Crippen MR) is 93.7 cm³/mol. The van der Waals surface area contributed by atoms with Gasteiger partial charge >= 0.3 is 0 Å². The van der Waals surface area contributed by atoms with Crippen LogP contribution in [0.3, 0.4) is 0 Å². The lowest BCUT2D eigenvalue weighted by molar-refractivity contribution is -0.899. The lowest BCUT2D eigenvalue weighted by Crippen LogP contribution is -3.14. The lowest BCUT2D eigenvalue weighted by Gasteiger charge is -2.22. The SMILES string of the molecule is Cc1cc(C(=O)C[NH+]2CCOCC2)c(C)n1-c1cccc(Br)c1. The van der Waals surface area contributed by atoms with Gasteiger partial charge in [-0.3, -0.25) is 4.79 Å². The summed E-state index contributed by atoms with van der Waals surface area (Å²) in [6.45, 7) is 7.94. The molecule has 5 heteroatoms. The number of halogens is 1. The summed E-state index contributed by atoms with van der Waals surface area (Å²) in [7, 11) is 0. The van der Waals surface area contributed by atoms with E-state index >= 15 is 0 Å². The van der Waals surface area contributed by atoms with Crippen LogP contribution >= 0.6 is 15.9 Å². The van der Waals surface area contributed by atoms with Gasteiger partial charge in [-0.1, -0.05) is 22.0 Å². The topological polar surface area (TPSA) is 35.7 Å². The van der Waals surface area contributed by atoms with Gasteiger partial charge in [-0.25, -0.2) is 0 Å². The second-order valence-electron chi connectivity index (χ2n) is 6.06. The largest absolute Gasteiger partial charge is 0.370 e. The zero-order valence-corrected chi connectivity index (χ0v) is 15.1. The van der Waals surface area contributed by atoms with Crippen molar-refractivity contribution in [1.29, 1.82) is 0 Å². The molecule has 0 saturated carbocycles. The smallest absolute Gasteiger partial charge is 0.218 e. The van der Waals surface area contributed by atoms with Gasteiger partial charge in [0.05, 0.1) is 13.2 Å². The summed E-state index contributed by atoms with van der Waals surface area (Å²) in [5.74, 6) is 0.219. The van der Waals surface area contributed by atoms with Gasteiger partial charge in [-0.05, 0) is 38.1 Å². The Morgan fingerprint density at radius 1 is 1.26 bits per heavy atom. The molecule has 1 saturated heterocycles. The van der Waals surface area contributed by atoms with Gasteiger partial charge < -0.3 is 14.2 Å². The molecule has 0 amide bonds. The van der Waals surface area contributed by atoms with Crippen LogP contribution < -0.4 is 4.90 Å². The number of aromatic nitrogens is 1. The van der Waals surface area contributed by atoms with Crippen LogP contribution in [0.15, 0.2) is 34.8 Å². The Balaban J connectivity index is 1.86. The summed E-state index contributed by atoms with van der Waals surface area (Å²) in [4.78, 5) is 14.0. The average molecular weight is 378 g/mol. The molecule has 0 aliphatic carbocycles. The molecule has 2 heterocycles. The number of benzene rings is 1. The Bertz CT molecular complexity index is 718. The molecule has 2 aromatic rings. The Morgan fingerprint density at radius 2 is 2.00 bits per heavy atom. The first-order valence-electron chi connectivity index (χ1n) is 7.95. The van der Waals surface area contributed by atoms with Crippen molar-refractivity contribution in [1.82, 2.24) is 4.57 Å². The fourth-order valence-corrected chi connectivity index (χ4v) is 3.60. The van der Waals surface area contributed by atoms with Crippen LogP contribution in [0.25, 0.3) is 5.69 Å². The molecule has 0 bridgehead atoms. The van der Waals surface area contributed by atoms with Crippen molar-refractivity contribution >= 4 is 21.7 Å². The number of ketones is 1. The van der Waals surface area contributed by atoms with E-state index in [1.54, 1.807) is 0 Å². The van der Waals surface area contributed by atoms with Gasteiger partial charge in [0.25, 0.3) is 0 Å². The van der Waals surface area contributed by atoms with Crippen LogP contribution in [-0.2, 0) is 4.74 Å². The molecule has 122 valence electrons. The van der Waals surface area contributed by atoms with Crippen molar-refractivity contribution in [3.63, 3.8) is 0 Å². The summed E-state index contributed by atoms with van der Waals surface area (Å²) in [6.07, 6.45) is 0. The lowest BCUT2D eigenvalue weighted by atomic mass is 10.1. The third-order valence-corrected chi connectivity index (χ3v) is 4.90. The third-order valence-electron chi connectivity index (χ3n) is 4.41. The van der Waals surface area contributed by atoms with Gasteiger partial charge in [-0.15, -0.1) is 0 Å².